The van der Waals surface area contributed by atoms with Crippen LogP contribution in [0, 0.1) is 0 Å². The first-order valence-corrected chi connectivity index (χ1v) is 6.82. The zero-order valence-electron chi connectivity index (χ0n) is 9.02. The van der Waals surface area contributed by atoms with Crippen LogP contribution >= 0.6 is 23.2 Å². The van der Waals surface area contributed by atoms with Crippen molar-refractivity contribution in [2.75, 3.05) is 25.9 Å². The number of rotatable bonds is 4. The minimum Gasteiger partial charge on any atom is -0.396 e. The van der Waals surface area contributed by atoms with Crippen LogP contribution in [0.15, 0.2) is 17.0 Å². The maximum absolute atomic E-state index is 12.0. The summed E-state index contributed by atoms with van der Waals surface area (Å²) in [6.45, 7) is -0.284. The van der Waals surface area contributed by atoms with E-state index < -0.39 is 10.0 Å². The molecule has 1 aromatic rings. The van der Waals surface area contributed by atoms with Gasteiger partial charge in [0.2, 0.25) is 10.0 Å². The third-order valence-corrected chi connectivity index (χ3v) is 4.64. The molecule has 0 fully saturated rings. The van der Waals surface area contributed by atoms with Crippen LogP contribution in [0.5, 0.6) is 0 Å². The molecule has 0 amide bonds. The van der Waals surface area contributed by atoms with Gasteiger partial charge >= 0.3 is 0 Å². The Kier molecular flexibility index (Phi) is 4.62. The molecule has 0 bridgehead atoms. The molecule has 0 aliphatic heterocycles. The highest BCUT2D eigenvalue weighted by Gasteiger charge is 2.22. The van der Waals surface area contributed by atoms with Crippen LogP contribution in [0.2, 0.25) is 10.0 Å². The van der Waals surface area contributed by atoms with Crippen LogP contribution in [0.3, 0.4) is 0 Å². The fourth-order valence-corrected chi connectivity index (χ4v) is 2.98. The summed E-state index contributed by atoms with van der Waals surface area (Å²) < 4.78 is 25.0. The van der Waals surface area contributed by atoms with E-state index >= 15 is 0 Å². The molecule has 8 heteroatoms. The van der Waals surface area contributed by atoms with Crippen molar-refractivity contribution in [3.8, 4) is 0 Å². The smallest absolute Gasteiger partial charge is 0.243 e. The fraction of sp³-hybridized carbons (Fsp3) is 0.333. The van der Waals surface area contributed by atoms with Crippen molar-refractivity contribution in [2.45, 2.75) is 4.90 Å². The Balaban J connectivity index is 3.25. The van der Waals surface area contributed by atoms with Crippen molar-refractivity contribution < 1.29 is 13.5 Å². The van der Waals surface area contributed by atoms with E-state index in [9.17, 15) is 8.42 Å². The number of halogens is 2. The Labute approximate surface area is 110 Å². The molecule has 96 valence electrons. The normalized spacial score (nSPS) is 12.1. The molecule has 0 aliphatic carbocycles. The molecule has 0 spiro atoms. The first kappa shape index (κ1) is 14.5. The van der Waals surface area contributed by atoms with Gasteiger partial charge in [-0.15, -0.1) is 0 Å². The number of nitrogens with zero attached hydrogens (tertiary/aromatic N) is 1. The number of hydrogen-bond acceptors (Lipinski definition) is 4. The fourth-order valence-electron chi connectivity index (χ4n) is 1.15. The van der Waals surface area contributed by atoms with Gasteiger partial charge in [0, 0.05) is 13.6 Å². The van der Waals surface area contributed by atoms with Gasteiger partial charge in [-0.2, -0.15) is 4.31 Å². The van der Waals surface area contributed by atoms with Crippen LogP contribution in [-0.2, 0) is 10.0 Å². The van der Waals surface area contributed by atoms with Gasteiger partial charge in [-0.05, 0) is 12.1 Å². The first-order valence-electron chi connectivity index (χ1n) is 4.62. The summed E-state index contributed by atoms with van der Waals surface area (Å²) in [7, 11) is -2.36. The topological polar surface area (TPSA) is 83.6 Å². The molecule has 0 saturated carbocycles. The maximum Gasteiger partial charge on any atom is 0.243 e. The second-order valence-electron chi connectivity index (χ2n) is 3.35. The summed E-state index contributed by atoms with van der Waals surface area (Å²) in [5.41, 5.74) is 5.65. The highest BCUT2D eigenvalue weighted by molar-refractivity contribution is 7.89. The Morgan fingerprint density at radius 2 is 1.82 bits per heavy atom. The molecular weight excluding hydrogens is 287 g/mol. The van der Waals surface area contributed by atoms with Crippen molar-refractivity contribution in [1.29, 1.82) is 0 Å². The summed E-state index contributed by atoms with van der Waals surface area (Å²) in [5, 5.41) is 8.88. The second kappa shape index (κ2) is 5.41. The van der Waals surface area contributed by atoms with Crippen LogP contribution in [0.4, 0.5) is 5.69 Å². The van der Waals surface area contributed by atoms with Gasteiger partial charge in [-0.1, -0.05) is 23.2 Å². The minimum atomic E-state index is -3.71. The number of likely N-dealkylation sites (N-methyl/N-ethyl adjacent to an activating group) is 1. The molecule has 3 N–H and O–H groups in total. The first-order chi connectivity index (χ1) is 7.80. The van der Waals surface area contributed by atoms with Crippen molar-refractivity contribution >= 4 is 38.9 Å². The van der Waals surface area contributed by atoms with E-state index in [0.717, 1.165) is 4.31 Å². The van der Waals surface area contributed by atoms with E-state index in [2.05, 4.69) is 0 Å². The van der Waals surface area contributed by atoms with Gasteiger partial charge in [0.1, 0.15) is 0 Å². The quantitative estimate of drug-likeness (QED) is 0.818. The van der Waals surface area contributed by atoms with Gasteiger partial charge in [-0.25, -0.2) is 8.42 Å². The molecule has 0 aromatic heterocycles. The summed E-state index contributed by atoms with van der Waals surface area (Å²) in [6, 6.07) is 2.46. The summed E-state index contributed by atoms with van der Waals surface area (Å²) in [5.74, 6) is 0. The third-order valence-electron chi connectivity index (χ3n) is 2.18. The number of aliphatic hydroxyl groups excluding tert-OH is 1. The molecule has 0 saturated heterocycles. The van der Waals surface area contributed by atoms with Crippen LogP contribution in [0.25, 0.3) is 0 Å². The lowest BCUT2D eigenvalue weighted by molar-refractivity contribution is 0.266. The summed E-state index contributed by atoms with van der Waals surface area (Å²) >= 11 is 11.5. The van der Waals surface area contributed by atoms with Crippen LogP contribution in [-0.4, -0.2) is 38.0 Å². The number of anilines is 1. The lowest BCUT2D eigenvalue weighted by Gasteiger charge is -2.16. The molecule has 0 aliphatic rings. The largest absolute Gasteiger partial charge is 0.396 e. The van der Waals surface area contributed by atoms with Crippen molar-refractivity contribution in [1.82, 2.24) is 4.31 Å². The highest BCUT2D eigenvalue weighted by atomic mass is 35.5. The SMILES string of the molecule is CN(CCO)S(=O)(=O)c1cc(Cl)c(N)c(Cl)c1. The van der Waals surface area contributed by atoms with Gasteiger partial charge in [-0.3, -0.25) is 0 Å². The molecule has 5 nitrogen and oxygen atoms in total. The Morgan fingerprint density at radius 1 is 1.35 bits per heavy atom. The van der Waals surface area contributed by atoms with Gasteiger partial charge in [0.15, 0.2) is 0 Å². The van der Waals surface area contributed by atoms with Crippen molar-refractivity contribution in [2.24, 2.45) is 0 Å². The van der Waals surface area contributed by atoms with E-state index in [-0.39, 0.29) is 33.8 Å². The van der Waals surface area contributed by atoms with Gasteiger partial charge in [0.25, 0.3) is 0 Å². The van der Waals surface area contributed by atoms with E-state index in [1.807, 2.05) is 0 Å². The van der Waals surface area contributed by atoms with E-state index in [1.54, 1.807) is 0 Å². The minimum absolute atomic E-state index is 0.0120. The summed E-state index contributed by atoms with van der Waals surface area (Å²) in [4.78, 5) is -0.0577. The van der Waals surface area contributed by atoms with Gasteiger partial charge in [0.05, 0.1) is 27.2 Å². The monoisotopic (exact) mass is 298 g/mol. The van der Waals surface area contributed by atoms with E-state index in [1.165, 1.54) is 19.2 Å². The molecule has 0 heterocycles. The molecule has 0 radical (unpaired) electrons. The third kappa shape index (κ3) is 3.02. The number of hydrogen-bond donors (Lipinski definition) is 2. The molecule has 1 rings (SSSR count). The molecule has 1 aromatic carbocycles. The average Bonchev–Trinajstić information content (AvgIpc) is 2.25. The Bertz CT molecular complexity index is 496. The van der Waals surface area contributed by atoms with Crippen LogP contribution < -0.4 is 5.73 Å². The number of aliphatic hydroxyl groups is 1. The van der Waals surface area contributed by atoms with E-state index in [0.29, 0.717) is 0 Å². The molecule has 17 heavy (non-hydrogen) atoms. The zero-order valence-corrected chi connectivity index (χ0v) is 11.3. The molecular formula is C9H12Cl2N2O3S. The number of sulfonamides is 1. The predicted molar refractivity (Wildman–Crippen MR) is 67.8 cm³/mol. The second-order valence-corrected chi connectivity index (χ2v) is 6.21. The molecule has 0 unspecified atom stereocenters. The Hall–Kier alpha value is -0.530. The maximum atomic E-state index is 12.0. The number of benzene rings is 1. The average molecular weight is 299 g/mol. The lowest BCUT2D eigenvalue weighted by Crippen LogP contribution is -2.29. The van der Waals surface area contributed by atoms with Gasteiger partial charge < -0.3 is 10.8 Å². The van der Waals surface area contributed by atoms with Crippen molar-refractivity contribution in [3.63, 3.8) is 0 Å². The highest BCUT2D eigenvalue weighted by Crippen LogP contribution is 2.31. The summed E-state index contributed by atoms with van der Waals surface area (Å²) in [6.07, 6.45) is 0. The predicted octanol–water partition coefficient (Wildman–Crippen LogP) is 1.19. The van der Waals surface area contributed by atoms with Crippen LogP contribution in [0.1, 0.15) is 0 Å². The number of nitrogens with two attached hydrogens (primary N) is 1. The van der Waals surface area contributed by atoms with Crippen molar-refractivity contribution in [3.05, 3.63) is 22.2 Å². The number of nitrogen functional groups attached to an aromatic ring is 1. The zero-order chi connectivity index (χ0) is 13.2. The lowest BCUT2D eigenvalue weighted by atomic mass is 10.3. The Morgan fingerprint density at radius 3 is 2.24 bits per heavy atom. The molecule has 0 atom stereocenters. The standard InChI is InChI=1S/C9H12Cl2N2O3S/c1-13(2-3-14)17(15,16)6-4-7(10)9(12)8(11)5-6/h4-5,14H,2-3,12H2,1H3. The van der Waals surface area contributed by atoms with E-state index in [4.69, 9.17) is 34.0 Å².